The molecule has 0 unspecified atom stereocenters. The van der Waals surface area contributed by atoms with Crippen molar-refractivity contribution < 1.29 is 4.52 Å². The molecular weight excluding hydrogens is 68.0 g/mol. The van der Waals surface area contributed by atoms with E-state index in [0.717, 1.165) is 0 Å². The minimum Gasteiger partial charge on any atom is -0.453 e. The second-order valence-electron chi connectivity index (χ2n) is 0.531. The van der Waals surface area contributed by atoms with Crippen LogP contribution in [-0.2, 0) is 0 Å². The van der Waals surface area contributed by atoms with Crippen LogP contribution in [-0.4, -0.2) is 10.1 Å². The Morgan fingerprint density at radius 1 is 1.80 bits per heavy atom. The maximum Gasteiger partial charge on any atom is 0.0546 e. The maximum absolute atomic E-state index is 4.17. The van der Waals surface area contributed by atoms with E-state index in [1.165, 1.54) is 6.39 Å². The van der Waals surface area contributed by atoms with Gasteiger partial charge >= 0.3 is 0 Å². The standard InChI is InChI=1S/C2HN2O/c1-3-2-5-4-1/h2H/q-1. The quantitative estimate of drug-likeness (QED) is 0.398. The molecule has 0 aliphatic heterocycles. The third kappa shape index (κ3) is 0.238. The van der Waals surface area contributed by atoms with Crippen molar-refractivity contribution in [2.45, 2.75) is 0 Å². The molecule has 1 aromatic rings. The Kier molecular flexibility index (Phi) is 0.400. The van der Waals surface area contributed by atoms with Gasteiger partial charge in [0.25, 0.3) is 0 Å². The molecule has 1 aromatic heterocycles. The predicted molar refractivity (Wildman–Crippen MR) is 13.1 cm³/mol. The fourth-order valence-corrected chi connectivity index (χ4v) is 0.118. The fraction of sp³-hybridized carbons (Fsp3) is 0. The van der Waals surface area contributed by atoms with Crippen LogP contribution in [0.1, 0.15) is 0 Å². The third-order valence-corrected chi connectivity index (χ3v) is 0.251. The zero-order chi connectivity index (χ0) is 3.54. The second-order valence-corrected chi connectivity index (χ2v) is 0.531. The molecule has 0 radical (unpaired) electrons. The Bertz CT molecular complexity index is 64.1. The first kappa shape index (κ1) is 2.38. The summed E-state index contributed by atoms with van der Waals surface area (Å²) in [7, 11) is 0. The molecule has 0 aliphatic rings. The first-order valence-electron chi connectivity index (χ1n) is 1.12. The molecule has 1 rings (SSSR count). The van der Waals surface area contributed by atoms with Gasteiger partial charge in [0.1, 0.15) is 0 Å². The van der Waals surface area contributed by atoms with Crippen LogP contribution in [0.3, 0.4) is 0 Å². The van der Waals surface area contributed by atoms with Gasteiger partial charge in [-0.15, -0.1) is 0 Å². The van der Waals surface area contributed by atoms with E-state index in [4.69, 9.17) is 0 Å². The summed E-state index contributed by atoms with van der Waals surface area (Å²) < 4.78 is 4.17. The van der Waals surface area contributed by atoms with E-state index < -0.39 is 0 Å². The molecule has 26 valence electrons. The third-order valence-electron chi connectivity index (χ3n) is 0.251. The lowest BCUT2D eigenvalue weighted by Crippen LogP contribution is -1.46. The second kappa shape index (κ2) is 0.839. The largest absolute Gasteiger partial charge is 0.453 e. The molecule has 0 aromatic carbocycles. The number of hydrogen-bond donors (Lipinski definition) is 0. The SMILES string of the molecule is [c-]1ncon1. The molecule has 3 nitrogen and oxygen atoms in total. The van der Waals surface area contributed by atoms with Gasteiger partial charge in [-0.2, -0.15) is 5.16 Å². The average Bonchev–Trinajstić information content (AvgIpc) is 1.76. The summed E-state index contributed by atoms with van der Waals surface area (Å²) in [4.78, 5) is 3.32. The molecule has 0 saturated heterocycles. The zero-order valence-electron chi connectivity index (χ0n) is 2.38. The molecule has 0 fully saturated rings. The number of aromatic nitrogens is 2. The molecule has 0 amide bonds. The minimum absolute atomic E-state index is 1.21. The molecule has 0 bridgehead atoms. The Morgan fingerprint density at radius 2 is 2.80 bits per heavy atom. The van der Waals surface area contributed by atoms with Crippen LogP contribution >= 0.6 is 0 Å². The van der Waals surface area contributed by atoms with E-state index in [1.54, 1.807) is 0 Å². The van der Waals surface area contributed by atoms with Gasteiger partial charge in [-0.05, 0) is 6.33 Å². The Hall–Kier alpha value is -0.860. The van der Waals surface area contributed by atoms with Crippen molar-refractivity contribution >= 4 is 0 Å². The zero-order valence-corrected chi connectivity index (χ0v) is 2.38. The highest BCUT2D eigenvalue weighted by atomic mass is 16.5. The van der Waals surface area contributed by atoms with Crippen molar-refractivity contribution in [3.8, 4) is 0 Å². The van der Waals surface area contributed by atoms with Crippen molar-refractivity contribution in [2.75, 3.05) is 0 Å². The van der Waals surface area contributed by atoms with Crippen molar-refractivity contribution in [3.63, 3.8) is 0 Å². The Balaban J connectivity index is 3.13. The number of rotatable bonds is 0. The van der Waals surface area contributed by atoms with E-state index in [-0.39, 0.29) is 0 Å². The van der Waals surface area contributed by atoms with Crippen LogP contribution in [0.5, 0.6) is 0 Å². The van der Waals surface area contributed by atoms with Crippen LogP contribution in [0.4, 0.5) is 0 Å². The van der Waals surface area contributed by atoms with Gasteiger partial charge in [0, 0.05) is 0 Å². The normalized spacial score (nSPS) is 8.00. The summed E-state index contributed by atoms with van der Waals surface area (Å²) >= 11 is 0. The van der Waals surface area contributed by atoms with Gasteiger partial charge in [-0.1, -0.05) is 0 Å². The maximum atomic E-state index is 4.17. The lowest BCUT2D eigenvalue weighted by atomic mass is 11.3. The van der Waals surface area contributed by atoms with Crippen molar-refractivity contribution in [1.29, 1.82) is 0 Å². The van der Waals surface area contributed by atoms with E-state index in [0.29, 0.717) is 0 Å². The molecule has 1 heterocycles. The van der Waals surface area contributed by atoms with E-state index >= 15 is 0 Å². The molecular formula is C2HN2O-. The highest BCUT2D eigenvalue weighted by Gasteiger charge is 1.45. The van der Waals surface area contributed by atoms with Crippen LogP contribution in [0, 0.1) is 6.33 Å². The van der Waals surface area contributed by atoms with Gasteiger partial charge in [-0.25, -0.2) is 0 Å². The smallest absolute Gasteiger partial charge is 0.0546 e. The van der Waals surface area contributed by atoms with E-state index in [2.05, 4.69) is 21.0 Å². The van der Waals surface area contributed by atoms with Gasteiger partial charge in [0.15, 0.2) is 0 Å². The van der Waals surface area contributed by atoms with Crippen LogP contribution < -0.4 is 0 Å². The van der Waals surface area contributed by atoms with E-state index in [1.807, 2.05) is 0 Å². The number of hydrogen-bond acceptors (Lipinski definition) is 3. The lowest BCUT2D eigenvalue weighted by Gasteiger charge is -1.57. The van der Waals surface area contributed by atoms with Gasteiger partial charge in [-0.3, -0.25) is 0 Å². The number of nitrogens with zero attached hydrogens (tertiary/aromatic N) is 2. The summed E-state index contributed by atoms with van der Waals surface area (Å²) in [6, 6.07) is 0. The van der Waals surface area contributed by atoms with Crippen LogP contribution in [0.25, 0.3) is 0 Å². The van der Waals surface area contributed by atoms with Crippen LogP contribution in [0.15, 0.2) is 10.9 Å². The molecule has 0 aliphatic carbocycles. The summed E-state index contributed by atoms with van der Waals surface area (Å²) in [5, 5.41) is 3.11. The van der Waals surface area contributed by atoms with E-state index in [9.17, 15) is 0 Å². The minimum atomic E-state index is 1.21. The van der Waals surface area contributed by atoms with Crippen LogP contribution in [0.2, 0.25) is 0 Å². The molecule has 5 heavy (non-hydrogen) atoms. The topological polar surface area (TPSA) is 38.9 Å². The molecule has 0 saturated carbocycles. The monoisotopic (exact) mass is 69.0 g/mol. The summed E-state index contributed by atoms with van der Waals surface area (Å²) in [5.74, 6) is 0. The van der Waals surface area contributed by atoms with Gasteiger partial charge in [0.2, 0.25) is 0 Å². The molecule has 0 N–H and O–H groups in total. The first-order valence-corrected chi connectivity index (χ1v) is 1.12. The summed E-state index contributed by atoms with van der Waals surface area (Å²) in [5.41, 5.74) is 0. The van der Waals surface area contributed by atoms with Crippen molar-refractivity contribution in [2.24, 2.45) is 0 Å². The van der Waals surface area contributed by atoms with Gasteiger partial charge < -0.3 is 9.51 Å². The average molecular weight is 69.0 g/mol. The Morgan fingerprint density at radius 3 is 3.00 bits per heavy atom. The predicted octanol–water partition coefficient (Wildman–Crippen LogP) is -0.130. The molecule has 3 heteroatoms. The fourth-order valence-electron chi connectivity index (χ4n) is 0.118. The highest BCUT2D eigenvalue weighted by Crippen LogP contribution is 1.61. The lowest BCUT2D eigenvalue weighted by molar-refractivity contribution is 0.415. The Labute approximate surface area is 28.6 Å². The summed E-state index contributed by atoms with van der Waals surface area (Å²) in [6.45, 7) is 0. The summed E-state index contributed by atoms with van der Waals surface area (Å²) in [6.07, 6.45) is 3.40. The highest BCUT2D eigenvalue weighted by molar-refractivity contribution is 4.31. The van der Waals surface area contributed by atoms with Crippen molar-refractivity contribution in [1.82, 2.24) is 10.1 Å². The van der Waals surface area contributed by atoms with Crippen molar-refractivity contribution in [3.05, 3.63) is 12.7 Å². The molecule has 0 spiro atoms. The molecule has 0 atom stereocenters. The first-order chi connectivity index (χ1) is 2.50. The van der Waals surface area contributed by atoms with Gasteiger partial charge in [0.05, 0.1) is 6.39 Å².